The van der Waals surface area contributed by atoms with Crippen LogP contribution < -0.4 is 0 Å². The number of carbonyl (C=O) groups is 1. The lowest BCUT2D eigenvalue weighted by molar-refractivity contribution is 0.0690. The highest BCUT2D eigenvalue weighted by atomic mass is 32.1. The van der Waals surface area contributed by atoms with Gasteiger partial charge in [0.15, 0.2) is 0 Å². The maximum Gasteiger partial charge on any atom is 0.254 e. The normalized spacial score (nSPS) is 26.3. The highest BCUT2D eigenvalue weighted by molar-refractivity contribution is 7.80. The van der Waals surface area contributed by atoms with E-state index in [0.717, 1.165) is 19.4 Å². The van der Waals surface area contributed by atoms with E-state index in [-0.39, 0.29) is 16.6 Å². The molecule has 1 saturated carbocycles. The molecule has 2 aliphatic rings. The molecule has 0 spiro atoms. The van der Waals surface area contributed by atoms with Crippen molar-refractivity contribution in [3.63, 3.8) is 0 Å². The summed E-state index contributed by atoms with van der Waals surface area (Å²) in [5, 5.41) is 0. The summed E-state index contributed by atoms with van der Waals surface area (Å²) in [6.07, 6.45) is 5.99. The van der Waals surface area contributed by atoms with E-state index >= 15 is 0 Å². The van der Waals surface area contributed by atoms with Gasteiger partial charge in [0.25, 0.3) is 5.91 Å². The van der Waals surface area contributed by atoms with Gasteiger partial charge in [0.2, 0.25) is 0 Å². The van der Waals surface area contributed by atoms with Gasteiger partial charge < -0.3 is 4.90 Å². The third kappa shape index (κ3) is 2.38. The van der Waals surface area contributed by atoms with Crippen LogP contribution in [0.2, 0.25) is 0 Å². The van der Waals surface area contributed by atoms with Crippen LogP contribution in [0, 0.1) is 11.7 Å². The predicted octanol–water partition coefficient (Wildman–Crippen LogP) is 3.52. The van der Waals surface area contributed by atoms with Gasteiger partial charge in [-0.15, -0.1) is 12.6 Å². The van der Waals surface area contributed by atoms with Crippen LogP contribution in [-0.2, 0) is 0 Å². The molecule has 1 aromatic carbocycles. The number of hydrogen-bond acceptors (Lipinski definition) is 2. The number of likely N-dealkylation sites (tertiary alicyclic amines) is 1. The zero-order valence-corrected chi connectivity index (χ0v) is 11.7. The van der Waals surface area contributed by atoms with Crippen LogP contribution in [-0.4, -0.2) is 23.4 Å². The first-order valence-electron chi connectivity index (χ1n) is 6.96. The van der Waals surface area contributed by atoms with E-state index in [2.05, 4.69) is 12.6 Å². The zero-order valence-electron chi connectivity index (χ0n) is 10.8. The number of hydrogen-bond donors (Lipinski definition) is 1. The molecule has 102 valence electrons. The van der Waals surface area contributed by atoms with Crippen molar-refractivity contribution in [3.05, 3.63) is 29.6 Å². The monoisotopic (exact) mass is 279 g/mol. The van der Waals surface area contributed by atoms with E-state index in [9.17, 15) is 9.18 Å². The molecule has 2 atom stereocenters. The van der Waals surface area contributed by atoms with E-state index in [1.54, 1.807) is 6.07 Å². The molecule has 1 aliphatic carbocycles. The lowest BCUT2D eigenvalue weighted by atomic mass is 9.85. The fourth-order valence-electron chi connectivity index (χ4n) is 3.47. The first kappa shape index (κ1) is 13.0. The molecule has 0 bridgehead atoms. The van der Waals surface area contributed by atoms with Crippen molar-refractivity contribution in [1.82, 2.24) is 4.90 Å². The van der Waals surface area contributed by atoms with Crippen molar-refractivity contribution in [2.75, 3.05) is 6.54 Å². The van der Waals surface area contributed by atoms with Crippen molar-refractivity contribution in [2.24, 2.45) is 5.92 Å². The summed E-state index contributed by atoms with van der Waals surface area (Å²) >= 11 is 4.05. The maximum atomic E-state index is 13.2. The number of nitrogens with zero attached hydrogens (tertiary/aromatic N) is 1. The lowest BCUT2D eigenvalue weighted by Crippen LogP contribution is -2.39. The number of fused-ring (bicyclic) bond motifs is 1. The average Bonchev–Trinajstić information content (AvgIpc) is 2.85. The Morgan fingerprint density at radius 3 is 2.84 bits per heavy atom. The van der Waals surface area contributed by atoms with E-state index in [1.165, 1.54) is 31.4 Å². The zero-order chi connectivity index (χ0) is 13.4. The Balaban J connectivity index is 1.81. The molecule has 1 aliphatic heterocycles. The molecule has 19 heavy (non-hydrogen) atoms. The summed E-state index contributed by atoms with van der Waals surface area (Å²) in [5.41, 5.74) is 0.553. The molecule has 1 aromatic rings. The van der Waals surface area contributed by atoms with Crippen molar-refractivity contribution < 1.29 is 9.18 Å². The summed E-state index contributed by atoms with van der Waals surface area (Å²) in [6, 6.07) is 4.82. The molecule has 0 aromatic heterocycles. The highest BCUT2D eigenvalue weighted by Gasteiger charge is 2.38. The van der Waals surface area contributed by atoms with Crippen LogP contribution in [0.25, 0.3) is 0 Å². The minimum atomic E-state index is -0.378. The molecule has 0 N–H and O–H groups in total. The number of thiol groups is 1. The molecule has 4 heteroatoms. The summed E-state index contributed by atoms with van der Waals surface area (Å²) < 4.78 is 13.2. The van der Waals surface area contributed by atoms with Crippen molar-refractivity contribution in [3.8, 4) is 0 Å². The van der Waals surface area contributed by atoms with E-state index < -0.39 is 0 Å². The summed E-state index contributed by atoms with van der Waals surface area (Å²) in [5.74, 6) is 0.329. The van der Waals surface area contributed by atoms with Crippen LogP contribution in [0.5, 0.6) is 0 Å². The number of benzene rings is 1. The van der Waals surface area contributed by atoms with E-state index in [4.69, 9.17) is 0 Å². The highest BCUT2D eigenvalue weighted by Crippen LogP contribution is 2.36. The fourth-order valence-corrected chi connectivity index (χ4v) is 3.68. The Morgan fingerprint density at radius 1 is 1.26 bits per heavy atom. The molecule has 2 unspecified atom stereocenters. The van der Waals surface area contributed by atoms with Gasteiger partial charge in [-0.25, -0.2) is 4.39 Å². The van der Waals surface area contributed by atoms with Crippen LogP contribution in [0.3, 0.4) is 0 Å². The Bertz CT molecular complexity index is 505. The minimum Gasteiger partial charge on any atom is -0.335 e. The second-order valence-electron chi connectivity index (χ2n) is 5.57. The Morgan fingerprint density at radius 2 is 2.05 bits per heavy atom. The fraction of sp³-hybridized carbons (Fsp3) is 0.533. The van der Waals surface area contributed by atoms with Gasteiger partial charge >= 0.3 is 0 Å². The summed E-state index contributed by atoms with van der Waals surface area (Å²) in [7, 11) is 0. The molecule has 1 heterocycles. The van der Waals surface area contributed by atoms with Crippen LogP contribution in [0.1, 0.15) is 42.5 Å². The smallest absolute Gasteiger partial charge is 0.254 e. The second kappa shape index (κ2) is 5.16. The molecular formula is C15H18FNOS. The quantitative estimate of drug-likeness (QED) is 0.780. The van der Waals surface area contributed by atoms with Gasteiger partial charge in [0.05, 0.1) is 0 Å². The molecule has 1 saturated heterocycles. The Hall–Kier alpha value is -1.03. The van der Waals surface area contributed by atoms with E-state index in [0.29, 0.717) is 17.5 Å². The standard InChI is InChI=1S/C15H18FNOS/c16-12-6-5-11(9-14(12)19)15(18)17-8-7-10-3-1-2-4-13(10)17/h5-6,9-10,13,19H,1-4,7-8H2. The van der Waals surface area contributed by atoms with Gasteiger partial charge in [-0.2, -0.15) is 0 Å². The third-order valence-electron chi connectivity index (χ3n) is 4.46. The van der Waals surface area contributed by atoms with Crippen molar-refractivity contribution >= 4 is 18.5 Å². The van der Waals surface area contributed by atoms with Crippen LogP contribution in [0.15, 0.2) is 23.1 Å². The van der Waals surface area contributed by atoms with Crippen LogP contribution in [0.4, 0.5) is 4.39 Å². The second-order valence-corrected chi connectivity index (χ2v) is 6.05. The number of amides is 1. The average molecular weight is 279 g/mol. The first-order chi connectivity index (χ1) is 9.16. The Labute approximate surface area is 118 Å². The third-order valence-corrected chi connectivity index (χ3v) is 4.81. The first-order valence-corrected chi connectivity index (χ1v) is 7.41. The number of halogens is 1. The maximum absolute atomic E-state index is 13.2. The molecule has 3 rings (SSSR count). The van der Waals surface area contributed by atoms with Gasteiger partial charge in [0.1, 0.15) is 5.82 Å². The molecule has 2 fully saturated rings. The Kier molecular flexibility index (Phi) is 3.52. The molecule has 0 radical (unpaired) electrons. The van der Waals surface area contributed by atoms with Gasteiger partial charge in [-0.05, 0) is 43.4 Å². The van der Waals surface area contributed by atoms with E-state index in [1.807, 2.05) is 4.90 Å². The minimum absolute atomic E-state index is 0.0321. The lowest BCUT2D eigenvalue weighted by Gasteiger charge is -2.31. The van der Waals surface area contributed by atoms with Gasteiger partial charge in [-0.1, -0.05) is 12.8 Å². The SMILES string of the molecule is O=C(c1ccc(F)c(S)c1)N1CCC2CCCCC21. The summed E-state index contributed by atoms with van der Waals surface area (Å²) in [6.45, 7) is 0.841. The summed E-state index contributed by atoms with van der Waals surface area (Å²) in [4.78, 5) is 14.8. The topological polar surface area (TPSA) is 20.3 Å². The largest absolute Gasteiger partial charge is 0.335 e. The molecule has 1 amide bonds. The molecule has 2 nitrogen and oxygen atoms in total. The van der Waals surface area contributed by atoms with Crippen molar-refractivity contribution in [1.29, 1.82) is 0 Å². The van der Waals surface area contributed by atoms with Crippen molar-refractivity contribution in [2.45, 2.75) is 43.0 Å². The number of carbonyl (C=O) groups excluding carboxylic acids is 1. The van der Waals surface area contributed by atoms with Crippen LogP contribution >= 0.6 is 12.6 Å². The van der Waals surface area contributed by atoms with Gasteiger partial charge in [0, 0.05) is 23.0 Å². The molecular weight excluding hydrogens is 261 g/mol. The van der Waals surface area contributed by atoms with Gasteiger partial charge in [-0.3, -0.25) is 4.79 Å². The predicted molar refractivity (Wildman–Crippen MR) is 75.1 cm³/mol. The number of rotatable bonds is 1.